The van der Waals surface area contributed by atoms with Crippen molar-refractivity contribution in [2.24, 2.45) is 0 Å². The van der Waals surface area contributed by atoms with E-state index < -0.39 is 0 Å². The lowest BCUT2D eigenvalue weighted by Crippen LogP contribution is -2.36. The van der Waals surface area contributed by atoms with Crippen LogP contribution in [0.4, 0.5) is 5.69 Å². The zero-order valence-electron chi connectivity index (χ0n) is 17.2. The van der Waals surface area contributed by atoms with Gasteiger partial charge in [-0.3, -0.25) is 9.69 Å². The molecular weight excluding hydrogens is 402 g/mol. The van der Waals surface area contributed by atoms with Gasteiger partial charge >= 0.3 is 0 Å². The van der Waals surface area contributed by atoms with Crippen molar-refractivity contribution in [2.45, 2.75) is 18.5 Å². The standard InChI is InChI=1S/C22H24ClN5O2/c1-27(2)18-10-6-15(7-11-18)21(29)24-17-12-19(28(3)13-17)22-25-20(26-30-22)14-4-8-16(23)9-5-14/h4-11,17,19H,12-13H2,1-3H3,(H,24,29). The highest BCUT2D eigenvalue weighted by atomic mass is 35.5. The maximum Gasteiger partial charge on any atom is 0.251 e. The number of carbonyl (C=O) groups is 1. The predicted molar refractivity (Wildman–Crippen MR) is 117 cm³/mol. The van der Waals surface area contributed by atoms with E-state index in [1.807, 2.05) is 62.4 Å². The average molecular weight is 426 g/mol. The van der Waals surface area contributed by atoms with Gasteiger partial charge in [-0.25, -0.2) is 0 Å². The number of benzene rings is 2. The fraction of sp³-hybridized carbons (Fsp3) is 0.318. The monoisotopic (exact) mass is 425 g/mol. The summed E-state index contributed by atoms with van der Waals surface area (Å²) < 4.78 is 5.52. The molecule has 1 aliphatic rings. The lowest BCUT2D eigenvalue weighted by Gasteiger charge is -2.15. The molecule has 0 saturated carbocycles. The molecule has 1 fully saturated rings. The molecule has 3 aromatic rings. The van der Waals surface area contributed by atoms with Gasteiger partial charge in [-0.05, 0) is 62.0 Å². The number of rotatable bonds is 5. The van der Waals surface area contributed by atoms with E-state index in [0.717, 1.165) is 11.3 Å². The topological polar surface area (TPSA) is 74.5 Å². The zero-order chi connectivity index (χ0) is 21.3. The molecule has 2 heterocycles. The number of anilines is 1. The molecular formula is C22H24ClN5O2. The second-order valence-electron chi connectivity index (χ2n) is 7.77. The highest BCUT2D eigenvalue weighted by Gasteiger charge is 2.35. The third-order valence-corrected chi connectivity index (χ3v) is 5.61. The Kier molecular flexibility index (Phi) is 5.74. The van der Waals surface area contributed by atoms with Crippen molar-refractivity contribution in [3.63, 3.8) is 0 Å². The number of hydrogen-bond acceptors (Lipinski definition) is 6. The van der Waals surface area contributed by atoms with Crippen LogP contribution in [0, 0.1) is 0 Å². The van der Waals surface area contributed by atoms with Gasteiger partial charge in [0.05, 0.1) is 6.04 Å². The molecule has 7 nitrogen and oxygen atoms in total. The minimum absolute atomic E-state index is 0.00640. The van der Waals surface area contributed by atoms with Gasteiger partial charge in [0.1, 0.15) is 0 Å². The molecule has 1 aliphatic heterocycles. The number of likely N-dealkylation sites (N-methyl/N-ethyl adjacent to an activating group) is 1. The number of likely N-dealkylation sites (tertiary alicyclic amines) is 1. The van der Waals surface area contributed by atoms with Crippen LogP contribution in [-0.2, 0) is 0 Å². The number of nitrogens with one attached hydrogen (secondary N) is 1. The highest BCUT2D eigenvalue weighted by molar-refractivity contribution is 6.30. The SMILES string of the molecule is CN(C)c1ccc(C(=O)NC2CC(c3nc(-c4ccc(Cl)cc4)no3)N(C)C2)cc1. The maximum absolute atomic E-state index is 12.6. The van der Waals surface area contributed by atoms with E-state index >= 15 is 0 Å². The minimum atomic E-state index is -0.0771. The largest absolute Gasteiger partial charge is 0.378 e. The van der Waals surface area contributed by atoms with Gasteiger partial charge in [-0.2, -0.15) is 4.98 Å². The van der Waals surface area contributed by atoms with Gasteiger partial charge < -0.3 is 14.7 Å². The number of carbonyl (C=O) groups excluding carboxylic acids is 1. The van der Waals surface area contributed by atoms with Crippen LogP contribution < -0.4 is 10.2 Å². The first-order chi connectivity index (χ1) is 14.4. The molecule has 0 aliphatic carbocycles. The first-order valence-corrected chi connectivity index (χ1v) is 10.2. The summed E-state index contributed by atoms with van der Waals surface area (Å²) in [7, 11) is 5.94. The summed E-state index contributed by atoms with van der Waals surface area (Å²) in [5.74, 6) is 1.00. The summed E-state index contributed by atoms with van der Waals surface area (Å²) in [4.78, 5) is 21.3. The predicted octanol–water partition coefficient (Wildman–Crippen LogP) is 3.63. The molecule has 0 spiro atoms. The van der Waals surface area contributed by atoms with Gasteiger partial charge in [0.25, 0.3) is 5.91 Å². The molecule has 0 radical (unpaired) electrons. The number of aromatic nitrogens is 2. The van der Waals surface area contributed by atoms with Gasteiger partial charge in [0, 0.05) is 48.5 Å². The molecule has 1 N–H and O–H groups in total. The van der Waals surface area contributed by atoms with Crippen LogP contribution in [0.5, 0.6) is 0 Å². The Morgan fingerprint density at radius 1 is 1.17 bits per heavy atom. The summed E-state index contributed by atoms with van der Waals surface area (Å²) in [6.07, 6.45) is 0.709. The van der Waals surface area contributed by atoms with Crippen LogP contribution in [0.15, 0.2) is 53.1 Å². The van der Waals surface area contributed by atoms with E-state index in [-0.39, 0.29) is 18.0 Å². The Bertz CT molecular complexity index is 1020. The van der Waals surface area contributed by atoms with Crippen LogP contribution >= 0.6 is 11.6 Å². The van der Waals surface area contributed by atoms with Crippen molar-refractivity contribution < 1.29 is 9.32 Å². The van der Waals surface area contributed by atoms with Crippen molar-refractivity contribution in [1.82, 2.24) is 20.4 Å². The van der Waals surface area contributed by atoms with Crippen LogP contribution in [-0.4, -0.2) is 54.7 Å². The minimum Gasteiger partial charge on any atom is -0.378 e. The Hall–Kier alpha value is -2.90. The summed E-state index contributed by atoms with van der Waals surface area (Å²) >= 11 is 5.94. The Balaban J connectivity index is 1.41. The summed E-state index contributed by atoms with van der Waals surface area (Å²) in [5, 5.41) is 7.88. The molecule has 30 heavy (non-hydrogen) atoms. The molecule has 2 unspecified atom stereocenters. The van der Waals surface area contributed by atoms with E-state index in [1.165, 1.54) is 0 Å². The molecule has 0 bridgehead atoms. The second-order valence-corrected chi connectivity index (χ2v) is 8.20. The Labute approximate surface area is 180 Å². The molecule has 1 saturated heterocycles. The molecule has 4 rings (SSSR count). The molecule has 1 amide bonds. The maximum atomic E-state index is 12.6. The van der Waals surface area contributed by atoms with Crippen molar-refractivity contribution in [1.29, 1.82) is 0 Å². The normalized spacial score (nSPS) is 19.1. The summed E-state index contributed by atoms with van der Waals surface area (Å²) in [6, 6.07) is 14.8. The molecule has 8 heteroatoms. The van der Waals surface area contributed by atoms with E-state index in [4.69, 9.17) is 16.1 Å². The average Bonchev–Trinajstić information content (AvgIpc) is 3.35. The summed E-state index contributed by atoms with van der Waals surface area (Å²) in [5.41, 5.74) is 2.55. The third-order valence-electron chi connectivity index (χ3n) is 5.36. The number of hydrogen-bond donors (Lipinski definition) is 1. The first-order valence-electron chi connectivity index (χ1n) is 9.79. The van der Waals surface area contributed by atoms with E-state index in [1.54, 1.807) is 12.1 Å². The molecule has 1 aromatic heterocycles. The van der Waals surface area contributed by atoms with Crippen molar-refractivity contribution >= 4 is 23.2 Å². The van der Waals surface area contributed by atoms with E-state index in [9.17, 15) is 4.79 Å². The van der Waals surface area contributed by atoms with Gasteiger partial charge in [-0.1, -0.05) is 16.8 Å². The fourth-order valence-electron chi connectivity index (χ4n) is 3.66. The van der Waals surface area contributed by atoms with Crippen molar-refractivity contribution in [3.8, 4) is 11.4 Å². The van der Waals surface area contributed by atoms with Crippen LogP contribution in [0.1, 0.15) is 28.7 Å². The molecule has 2 aromatic carbocycles. The number of amides is 1. The fourth-order valence-corrected chi connectivity index (χ4v) is 3.79. The van der Waals surface area contributed by atoms with Gasteiger partial charge in [0.2, 0.25) is 11.7 Å². The molecule has 156 valence electrons. The quantitative estimate of drug-likeness (QED) is 0.672. The van der Waals surface area contributed by atoms with Crippen molar-refractivity contribution in [2.75, 3.05) is 32.6 Å². The smallest absolute Gasteiger partial charge is 0.251 e. The van der Waals surface area contributed by atoms with Crippen LogP contribution in [0.2, 0.25) is 5.02 Å². The zero-order valence-corrected chi connectivity index (χ0v) is 17.9. The first kappa shape index (κ1) is 20.4. The Morgan fingerprint density at radius 3 is 2.53 bits per heavy atom. The van der Waals surface area contributed by atoms with Crippen LogP contribution in [0.3, 0.4) is 0 Å². The summed E-state index contributed by atoms with van der Waals surface area (Å²) in [6.45, 7) is 0.713. The molecule has 2 atom stereocenters. The second kappa shape index (κ2) is 8.45. The number of nitrogens with zero attached hydrogens (tertiary/aromatic N) is 4. The van der Waals surface area contributed by atoms with E-state index in [2.05, 4.69) is 20.4 Å². The van der Waals surface area contributed by atoms with Crippen LogP contribution in [0.25, 0.3) is 11.4 Å². The lowest BCUT2D eigenvalue weighted by atomic mass is 10.1. The van der Waals surface area contributed by atoms with Crippen molar-refractivity contribution in [3.05, 3.63) is 65.0 Å². The van der Waals surface area contributed by atoms with Gasteiger partial charge in [-0.15, -0.1) is 0 Å². The number of halogens is 1. The highest BCUT2D eigenvalue weighted by Crippen LogP contribution is 2.31. The lowest BCUT2D eigenvalue weighted by molar-refractivity contribution is 0.0938. The van der Waals surface area contributed by atoms with E-state index in [0.29, 0.717) is 35.3 Å². The third kappa shape index (κ3) is 4.32. The van der Waals surface area contributed by atoms with Gasteiger partial charge in [0.15, 0.2) is 0 Å². The Morgan fingerprint density at radius 2 is 1.87 bits per heavy atom.